The van der Waals surface area contributed by atoms with Gasteiger partial charge in [-0.2, -0.15) is 0 Å². The van der Waals surface area contributed by atoms with Crippen molar-refractivity contribution >= 4 is 44.0 Å². The minimum absolute atomic E-state index is 0.0367. The lowest BCUT2D eigenvalue weighted by Crippen LogP contribution is -2.25. The average Bonchev–Trinajstić information content (AvgIpc) is 2.90. The highest BCUT2D eigenvalue weighted by Gasteiger charge is 2.21. The molecule has 6 nitrogen and oxygen atoms in total. The first-order valence-corrected chi connectivity index (χ1v) is 7.96. The van der Waals surface area contributed by atoms with E-state index in [9.17, 15) is 9.90 Å². The fraction of sp³-hybridized carbons (Fsp3) is 0.250. The van der Waals surface area contributed by atoms with E-state index in [2.05, 4.69) is 10.3 Å². The van der Waals surface area contributed by atoms with Crippen molar-refractivity contribution in [2.75, 3.05) is 19.0 Å². The number of carbonyl (C=O) groups excluding carboxylic acids is 1. The predicted molar refractivity (Wildman–Crippen MR) is 92.3 cm³/mol. The van der Waals surface area contributed by atoms with Crippen molar-refractivity contribution in [2.24, 2.45) is 5.73 Å². The van der Waals surface area contributed by atoms with Gasteiger partial charge in [0, 0.05) is 34.1 Å². The molecule has 0 aliphatic rings. The molecule has 4 N–H and O–H groups in total. The van der Waals surface area contributed by atoms with Crippen LogP contribution in [0.2, 0.25) is 0 Å². The number of hydrogen-bond donors (Lipinski definition) is 3. The number of aromatic hydroxyl groups is 1. The van der Waals surface area contributed by atoms with Crippen molar-refractivity contribution in [3.63, 3.8) is 0 Å². The van der Waals surface area contributed by atoms with E-state index in [-0.39, 0.29) is 11.9 Å². The van der Waals surface area contributed by atoms with Crippen molar-refractivity contribution in [1.29, 1.82) is 0 Å². The SMILES string of the molecule is COC(=O)c1sc2ccc3nc(O)ccc3c2c1NC[C@H](C)N. The molecular weight excluding hydrogens is 314 g/mol. The van der Waals surface area contributed by atoms with Crippen molar-refractivity contribution in [3.8, 4) is 5.88 Å². The summed E-state index contributed by atoms with van der Waals surface area (Å²) in [4.78, 5) is 16.7. The van der Waals surface area contributed by atoms with Crippen molar-refractivity contribution in [3.05, 3.63) is 29.1 Å². The Hall–Kier alpha value is -2.38. The first-order chi connectivity index (χ1) is 11.0. The zero-order valence-corrected chi connectivity index (χ0v) is 13.6. The van der Waals surface area contributed by atoms with Gasteiger partial charge in [0.05, 0.1) is 18.3 Å². The van der Waals surface area contributed by atoms with Crippen LogP contribution < -0.4 is 11.1 Å². The first-order valence-electron chi connectivity index (χ1n) is 7.14. The molecule has 0 spiro atoms. The number of esters is 1. The summed E-state index contributed by atoms with van der Waals surface area (Å²) in [6.45, 7) is 2.41. The minimum atomic E-state index is -0.390. The summed E-state index contributed by atoms with van der Waals surface area (Å²) in [6.07, 6.45) is 0. The van der Waals surface area contributed by atoms with Crippen LogP contribution >= 0.6 is 11.3 Å². The fourth-order valence-corrected chi connectivity index (χ4v) is 3.57. The highest BCUT2D eigenvalue weighted by Crippen LogP contribution is 2.40. The second-order valence-corrected chi connectivity index (χ2v) is 6.38. The van der Waals surface area contributed by atoms with Crippen LogP contribution in [-0.2, 0) is 4.74 Å². The van der Waals surface area contributed by atoms with Gasteiger partial charge in [-0.05, 0) is 25.1 Å². The predicted octanol–water partition coefficient (Wildman–Crippen LogP) is 2.70. The quantitative estimate of drug-likeness (QED) is 0.636. The number of nitrogens with one attached hydrogen (secondary N) is 1. The molecule has 120 valence electrons. The van der Waals surface area contributed by atoms with Gasteiger partial charge in [-0.15, -0.1) is 11.3 Å². The van der Waals surface area contributed by atoms with E-state index in [4.69, 9.17) is 10.5 Å². The van der Waals surface area contributed by atoms with Crippen molar-refractivity contribution in [2.45, 2.75) is 13.0 Å². The van der Waals surface area contributed by atoms with Crippen LogP contribution in [0.25, 0.3) is 21.0 Å². The number of nitrogens with zero attached hydrogens (tertiary/aromatic N) is 1. The number of ether oxygens (including phenoxy) is 1. The Morgan fingerprint density at radius 2 is 2.22 bits per heavy atom. The normalized spacial score (nSPS) is 12.5. The van der Waals surface area contributed by atoms with Crippen molar-refractivity contribution in [1.82, 2.24) is 4.98 Å². The molecule has 0 fully saturated rings. The maximum atomic E-state index is 12.1. The summed E-state index contributed by atoms with van der Waals surface area (Å²) in [5.74, 6) is -0.427. The van der Waals surface area contributed by atoms with E-state index in [1.165, 1.54) is 24.5 Å². The number of hydrogen-bond acceptors (Lipinski definition) is 7. The highest BCUT2D eigenvalue weighted by atomic mass is 32.1. The van der Waals surface area contributed by atoms with Crippen LogP contribution in [0.15, 0.2) is 24.3 Å². The molecule has 1 aromatic carbocycles. The molecule has 3 rings (SSSR count). The van der Waals surface area contributed by atoms with E-state index in [0.717, 1.165) is 15.5 Å². The van der Waals surface area contributed by atoms with Gasteiger partial charge in [0.15, 0.2) is 0 Å². The van der Waals surface area contributed by atoms with E-state index in [1.54, 1.807) is 6.07 Å². The molecule has 0 amide bonds. The fourth-order valence-electron chi connectivity index (χ4n) is 2.46. The Kier molecular flexibility index (Phi) is 4.06. The zero-order chi connectivity index (χ0) is 16.6. The molecule has 23 heavy (non-hydrogen) atoms. The number of benzene rings is 1. The van der Waals surface area contributed by atoms with Crippen LogP contribution in [0.1, 0.15) is 16.6 Å². The number of nitrogens with two attached hydrogens (primary N) is 1. The van der Waals surface area contributed by atoms with Crippen LogP contribution in [0.4, 0.5) is 5.69 Å². The van der Waals surface area contributed by atoms with E-state index >= 15 is 0 Å². The lowest BCUT2D eigenvalue weighted by Gasteiger charge is -2.11. The van der Waals surface area contributed by atoms with Gasteiger partial charge < -0.3 is 20.9 Å². The molecule has 0 bridgehead atoms. The molecule has 7 heteroatoms. The lowest BCUT2D eigenvalue weighted by atomic mass is 10.1. The summed E-state index contributed by atoms with van der Waals surface area (Å²) in [5.41, 5.74) is 7.19. The van der Waals surface area contributed by atoms with Crippen LogP contribution in [0, 0.1) is 0 Å². The van der Waals surface area contributed by atoms with E-state index in [0.29, 0.717) is 22.6 Å². The Labute approximate surface area is 136 Å². The Balaban J connectivity index is 2.29. The number of methoxy groups -OCH3 is 1. The van der Waals surface area contributed by atoms with Gasteiger partial charge >= 0.3 is 5.97 Å². The minimum Gasteiger partial charge on any atom is -0.493 e. The molecule has 1 atom stereocenters. The summed E-state index contributed by atoms with van der Waals surface area (Å²) < 4.78 is 5.83. The summed E-state index contributed by atoms with van der Waals surface area (Å²) in [5, 5.41) is 14.6. The molecule has 0 unspecified atom stereocenters. The van der Waals surface area contributed by atoms with Gasteiger partial charge in [-0.25, -0.2) is 9.78 Å². The molecule has 2 aromatic heterocycles. The number of pyridine rings is 1. The topological polar surface area (TPSA) is 97.5 Å². The summed E-state index contributed by atoms with van der Waals surface area (Å²) in [7, 11) is 1.36. The zero-order valence-electron chi connectivity index (χ0n) is 12.8. The van der Waals surface area contributed by atoms with Crippen LogP contribution in [-0.4, -0.2) is 35.8 Å². The molecule has 2 heterocycles. The smallest absolute Gasteiger partial charge is 0.350 e. The third kappa shape index (κ3) is 2.80. The molecule has 0 aliphatic heterocycles. The molecule has 3 aromatic rings. The van der Waals surface area contributed by atoms with E-state index < -0.39 is 5.97 Å². The summed E-state index contributed by atoms with van der Waals surface area (Å²) >= 11 is 1.36. The van der Waals surface area contributed by atoms with Gasteiger partial charge in [-0.3, -0.25) is 0 Å². The number of carbonyl (C=O) groups is 1. The Bertz CT molecular complexity index is 889. The standard InChI is InChI=1S/C16H17N3O3S/c1-8(17)7-18-14-13-9-3-6-12(20)19-10(9)4-5-11(13)23-15(14)16(21)22-2/h3-6,8,18H,7,17H2,1-2H3,(H,19,20)/t8-/m0/s1. The van der Waals surface area contributed by atoms with Gasteiger partial charge in [0.2, 0.25) is 5.88 Å². The first kappa shape index (κ1) is 15.5. The maximum absolute atomic E-state index is 12.1. The van der Waals surface area contributed by atoms with Gasteiger partial charge in [0.1, 0.15) is 4.88 Å². The second kappa shape index (κ2) is 6.02. The monoisotopic (exact) mass is 331 g/mol. The third-order valence-corrected chi connectivity index (χ3v) is 4.61. The molecular formula is C16H17N3O3S. The number of aromatic nitrogens is 1. The Morgan fingerprint density at radius 3 is 2.91 bits per heavy atom. The molecule has 0 saturated heterocycles. The average molecular weight is 331 g/mol. The number of rotatable bonds is 4. The largest absolute Gasteiger partial charge is 0.493 e. The highest BCUT2D eigenvalue weighted by molar-refractivity contribution is 7.21. The van der Waals surface area contributed by atoms with Gasteiger partial charge in [0.25, 0.3) is 0 Å². The lowest BCUT2D eigenvalue weighted by molar-refractivity contribution is 0.0607. The Morgan fingerprint density at radius 1 is 1.43 bits per heavy atom. The summed E-state index contributed by atoms with van der Waals surface area (Å²) in [6, 6.07) is 6.98. The van der Waals surface area contributed by atoms with Crippen LogP contribution in [0.5, 0.6) is 5.88 Å². The molecule has 0 aliphatic carbocycles. The maximum Gasteiger partial charge on any atom is 0.350 e. The number of anilines is 1. The number of thiophene rings is 1. The van der Waals surface area contributed by atoms with Crippen molar-refractivity contribution < 1.29 is 14.6 Å². The van der Waals surface area contributed by atoms with Gasteiger partial charge in [-0.1, -0.05) is 0 Å². The second-order valence-electron chi connectivity index (χ2n) is 5.33. The third-order valence-electron chi connectivity index (χ3n) is 3.48. The molecule has 0 radical (unpaired) electrons. The molecule has 0 saturated carbocycles. The van der Waals surface area contributed by atoms with E-state index in [1.807, 2.05) is 19.1 Å². The van der Waals surface area contributed by atoms with Crippen LogP contribution in [0.3, 0.4) is 0 Å². The number of fused-ring (bicyclic) bond motifs is 3.